The highest BCUT2D eigenvalue weighted by Crippen LogP contribution is 2.34. The molecule has 0 aliphatic carbocycles. The SMILES string of the molecule is N#Cc1ccc(CNC(=O)c2sc3ccccc3c2Cl)cc1. The van der Waals surface area contributed by atoms with Gasteiger partial charge in [-0.15, -0.1) is 11.3 Å². The number of hydrogen-bond donors (Lipinski definition) is 1. The number of benzene rings is 2. The highest BCUT2D eigenvalue weighted by molar-refractivity contribution is 7.21. The lowest BCUT2D eigenvalue weighted by atomic mass is 10.1. The van der Waals surface area contributed by atoms with Crippen LogP contribution in [0.1, 0.15) is 20.8 Å². The molecule has 3 aromatic rings. The Morgan fingerprint density at radius 2 is 1.91 bits per heavy atom. The predicted molar refractivity (Wildman–Crippen MR) is 89.2 cm³/mol. The average Bonchev–Trinajstić information content (AvgIpc) is 2.90. The van der Waals surface area contributed by atoms with Crippen LogP contribution in [0.15, 0.2) is 48.5 Å². The minimum Gasteiger partial charge on any atom is -0.347 e. The molecule has 1 heterocycles. The Morgan fingerprint density at radius 3 is 2.59 bits per heavy atom. The van der Waals surface area contributed by atoms with E-state index in [1.165, 1.54) is 11.3 Å². The smallest absolute Gasteiger partial charge is 0.263 e. The highest BCUT2D eigenvalue weighted by Gasteiger charge is 2.16. The van der Waals surface area contributed by atoms with Gasteiger partial charge in [-0.3, -0.25) is 4.79 Å². The van der Waals surface area contributed by atoms with Crippen molar-refractivity contribution in [3.63, 3.8) is 0 Å². The van der Waals surface area contributed by atoms with Gasteiger partial charge >= 0.3 is 0 Å². The summed E-state index contributed by atoms with van der Waals surface area (Å²) in [5.74, 6) is -0.185. The van der Waals surface area contributed by atoms with Gasteiger partial charge in [0.05, 0.1) is 16.7 Å². The second-order valence-electron chi connectivity index (χ2n) is 4.73. The zero-order valence-corrected chi connectivity index (χ0v) is 13.0. The van der Waals surface area contributed by atoms with E-state index in [1.54, 1.807) is 12.1 Å². The number of carbonyl (C=O) groups excluding carboxylic acids is 1. The monoisotopic (exact) mass is 326 g/mol. The van der Waals surface area contributed by atoms with Crippen molar-refractivity contribution in [3.05, 3.63) is 69.6 Å². The first-order chi connectivity index (χ1) is 10.7. The number of amides is 1. The Bertz CT molecular complexity index is 878. The third-order valence-electron chi connectivity index (χ3n) is 3.28. The fourth-order valence-electron chi connectivity index (χ4n) is 2.12. The first kappa shape index (κ1) is 14.6. The molecule has 1 amide bonds. The van der Waals surface area contributed by atoms with E-state index in [4.69, 9.17) is 16.9 Å². The van der Waals surface area contributed by atoms with Gasteiger partial charge in [-0.1, -0.05) is 41.9 Å². The summed E-state index contributed by atoms with van der Waals surface area (Å²) in [7, 11) is 0. The molecule has 2 aromatic carbocycles. The van der Waals surface area contributed by atoms with Gasteiger partial charge in [-0.2, -0.15) is 5.26 Å². The first-order valence-electron chi connectivity index (χ1n) is 6.63. The van der Waals surface area contributed by atoms with E-state index in [-0.39, 0.29) is 5.91 Å². The molecule has 0 atom stereocenters. The van der Waals surface area contributed by atoms with Crippen LogP contribution in [-0.2, 0) is 6.54 Å². The third kappa shape index (κ3) is 2.82. The fraction of sp³-hybridized carbons (Fsp3) is 0.0588. The number of carbonyl (C=O) groups is 1. The summed E-state index contributed by atoms with van der Waals surface area (Å²) in [5.41, 5.74) is 1.53. The maximum Gasteiger partial charge on any atom is 0.263 e. The predicted octanol–water partition coefficient (Wildman–Crippen LogP) is 4.36. The van der Waals surface area contributed by atoms with E-state index in [2.05, 4.69) is 11.4 Å². The number of rotatable bonds is 3. The quantitative estimate of drug-likeness (QED) is 0.777. The largest absolute Gasteiger partial charge is 0.347 e. The second kappa shape index (κ2) is 6.18. The number of nitrogens with one attached hydrogen (secondary N) is 1. The van der Waals surface area contributed by atoms with Crippen molar-refractivity contribution in [1.82, 2.24) is 5.32 Å². The van der Waals surface area contributed by atoms with Crippen molar-refractivity contribution >= 4 is 38.9 Å². The Kier molecular flexibility index (Phi) is 4.10. The van der Waals surface area contributed by atoms with Crippen LogP contribution in [0.2, 0.25) is 5.02 Å². The van der Waals surface area contributed by atoms with E-state index >= 15 is 0 Å². The average molecular weight is 327 g/mol. The standard InChI is InChI=1S/C17H11ClN2OS/c18-15-13-3-1-2-4-14(13)22-16(15)17(21)20-10-12-7-5-11(9-19)6-8-12/h1-8H,10H2,(H,20,21). The second-order valence-corrected chi connectivity index (χ2v) is 6.16. The molecule has 0 radical (unpaired) electrons. The van der Waals surface area contributed by atoms with Crippen LogP contribution in [0.3, 0.4) is 0 Å². The Balaban J connectivity index is 1.75. The van der Waals surface area contributed by atoms with Crippen molar-refractivity contribution in [2.75, 3.05) is 0 Å². The van der Waals surface area contributed by atoms with Gasteiger partial charge in [0.15, 0.2) is 0 Å². The molecule has 22 heavy (non-hydrogen) atoms. The van der Waals surface area contributed by atoms with E-state index in [0.717, 1.165) is 15.6 Å². The molecule has 5 heteroatoms. The summed E-state index contributed by atoms with van der Waals surface area (Å²) in [6.07, 6.45) is 0. The van der Waals surface area contributed by atoms with Crippen molar-refractivity contribution in [2.24, 2.45) is 0 Å². The molecule has 0 fully saturated rings. The highest BCUT2D eigenvalue weighted by atomic mass is 35.5. The van der Waals surface area contributed by atoms with E-state index in [9.17, 15) is 4.79 Å². The summed E-state index contributed by atoms with van der Waals surface area (Å²) in [5, 5.41) is 13.0. The molecule has 0 spiro atoms. The van der Waals surface area contributed by atoms with Crippen LogP contribution in [0.25, 0.3) is 10.1 Å². The van der Waals surface area contributed by atoms with E-state index in [1.807, 2.05) is 36.4 Å². The van der Waals surface area contributed by atoms with Crippen molar-refractivity contribution in [3.8, 4) is 6.07 Å². The molecule has 0 bridgehead atoms. The summed E-state index contributed by atoms with van der Waals surface area (Å²) >= 11 is 7.67. The zero-order chi connectivity index (χ0) is 15.5. The lowest BCUT2D eigenvalue weighted by Gasteiger charge is -2.04. The van der Waals surface area contributed by atoms with Gasteiger partial charge in [0, 0.05) is 16.6 Å². The number of nitrogens with zero attached hydrogens (tertiary/aromatic N) is 1. The van der Waals surface area contributed by atoms with Crippen molar-refractivity contribution in [1.29, 1.82) is 5.26 Å². The molecule has 0 aliphatic heterocycles. The normalized spacial score (nSPS) is 10.4. The molecule has 1 aromatic heterocycles. The van der Waals surface area contributed by atoms with Crippen LogP contribution < -0.4 is 5.32 Å². The number of halogens is 1. The van der Waals surface area contributed by atoms with Crippen LogP contribution in [-0.4, -0.2) is 5.91 Å². The number of hydrogen-bond acceptors (Lipinski definition) is 3. The van der Waals surface area contributed by atoms with Gasteiger partial charge in [0.2, 0.25) is 0 Å². The van der Waals surface area contributed by atoms with Crippen molar-refractivity contribution in [2.45, 2.75) is 6.54 Å². The Labute approximate surface area is 136 Å². The van der Waals surface area contributed by atoms with Gasteiger partial charge in [0.25, 0.3) is 5.91 Å². The minimum atomic E-state index is -0.185. The van der Waals surface area contributed by atoms with E-state index in [0.29, 0.717) is 22.0 Å². The Hall–Kier alpha value is -2.35. The van der Waals surface area contributed by atoms with Gasteiger partial charge in [0.1, 0.15) is 4.88 Å². The van der Waals surface area contributed by atoms with E-state index < -0.39 is 0 Å². The molecular weight excluding hydrogens is 316 g/mol. The lowest BCUT2D eigenvalue weighted by molar-refractivity contribution is 0.0955. The fourth-order valence-corrected chi connectivity index (χ4v) is 3.55. The summed E-state index contributed by atoms with van der Waals surface area (Å²) in [4.78, 5) is 12.8. The summed E-state index contributed by atoms with van der Waals surface area (Å²) in [6.45, 7) is 0.398. The zero-order valence-electron chi connectivity index (χ0n) is 11.5. The molecular formula is C17H11ClN2OS. The maximum absolute atomic E-state index is 12.3. The summed E-state index contributed by atoms with van der Waals surface area (Å²) in [6, 6.07) is 16.9. The third-order valence-corrected chi connectivity index (χ3v) is 4.95. The van der Waals surface area contributed by atoms with Crippen molar-refractivity contribution < 1.29 is 4.79 Å². The number of thiophene rings is 1. The van der Waals surface area contributed by atoms with Crippen LogP contribution >= 0.6 is 22.9 Å². The van der Waals surface area contributed by atoms with Crippen LogP contribution in [0, 0.1) is 11.3 Å². The molecule has 3 rings (SSSR count). The lowest BCUT2D eigenvalue weighted by Crippen LogP contribution is -2.22. The summed E-state index contributed by atoms with van der Waals surface area (Å²) < 4.78 is 0.996. The molecule has 0 unspecified atom stereocenters. The molecule has 3 nitrogen and oxygen atoms in total. The topological polar surface area (TPSA) is 52.9 Å². The minimum absolute atomic E-state index is 0.185. The maximum atomic E-state index is 12.3. The van der Waals surface area contributed by atoms with Gasteiger partial charge in [-0.05, 0) is 23.8 Å². The molecule has 0 saturated carbocycles. The van der Waals surface area contributed by atoms with Gasteiger partial charge in [-0.25, -0.2) is 0 Å². The molecule has 1 N–H and O–H groups in total. The first-order valence-corrected chi connectivity index (χ1v) is 7.83. The van der Waals surface area contributed by atoms with Crippen LogP contribution in [0.4, 0.5) is 0 Å². The molecule has 0 saturated heterocycles. The Morgan fingerprint density at radius 1 is 1.18 bits per heavy atom. The molecule has 108 valence electrons. The van der Waals surface area contributed by atoms with Gasteiger partial charge < -0.3 is 5.32 Å². The number of nitriles is 1. The number of fused-ring (bicyclic) bond motifs is 1. The van der Waals surface area contributed by atoms with Crippen LogP contribution in [0.5, 0.6) is 0 Å². The molecule has 0 aliphatic rings.